The van der Waals surface area contributed by atoms with E-state index in [-0.39, 0.29) is 6.42 Å². The molecule has 3 amide bonds. The first-order valence-electron chi connectivity index (χ1n) is 7.39. The van der Waals surface area contributed by atoms with Gasteiger partial charge in [0.1, 0.15) is 5.54 Å². The van der Waals surface area contributed by atoms with Crippen molar-refractivity contribution in [2.24, 2.45) is 11.7 Å². The van der Waals surface area contributed by atoms with Gasteiger partial charge in [0, 0.05) is 12.5 Å². The van der Waals surface area contributed by atoms with Crippen LogP contribution >= 0.6 is 0 Å². The quantitative estimate of drug-likeness (QED) is 0.584. The third kappa shape index (κ3) is 4.91. The molecule has 1 aliphatic carbocycles. The SMILES string of the molecule is CCC1CCC(NC(=O)NC(C)CC(N)=O)(C(=O)O)CC1. The number of carbonyl (C=O) groups excluding carboxylic acids is 2. The molecule has 1 rings (SSSR count). The van der Waals surface area contributed by atoms with Crippen molar-refractivity contribution in [3.8, 4) is 0 Å². The zero-order chi connectivity index (χ0) is 16.0. The van der Waals surface area contributed by atoms with Crippen molar-refractivity contribution in [2.45, 2.75) is 64.0 Å². The van der Waals surface area contributed by atoms with Gasteiger partial charge in [0.05, 0.1) is 0 Å². The molecular weight excluding hydrogens is 274 g/mol. The van der Waals surface area contributed by atoms with Gasteiger partial charge in [-0.05, 0) is 38.5 Å². The second kappa shape index (κ2) is 7.28. The molecule has 0 aromatic rings. The Labute approximate surface area is 124 Å². The molecule has 120 valence electrons. The van der Waals surface area contributed by atoms with Crippen LogP contribution in [0, 0.1) is 5.92 Å². The first kappa shape index (κ1) is 17.3. The van der Waals surface area contributed by atoms with Gasteiger partial charge in [-0.3, -0.25) is 4.79 Å². The lowest BCUT2D eigenvalue weighted by Gasteiger charge is -2.37. The third-order valence-corrected chi connectivity index (χ3v) is 4.18. The van der Waals surface area contributed by atoms with Gasteiger partial charge in [-0.25, -0.2) is 9.59 Å². The lowest BCUT2D eigenvalue weighted by molar-refractivity contribution is -0.146. The van der Waals surface area contributed by atoms with Crippen LogP contribution in [0.1, 0.15) is 52.4 Å². The molecule has 1 aliphatic rings. The van der Waals surface area contributed by atoms with Gasteiger partial charge >= 0.3 is 12.0 Å². The summed E-state index contributed by atoms with van der Waals surface area (Å²) in [7, 11) is 0. The highest BCUT2D eigenvalue weighted by Crippen LogP contribution is 2.33. The second-order valence-electron chi connectivity index (χ2n) is 5.91. The first-order chi connectivity index (χ1) is 9.79. The topological polar surface area (TPSA) is 122 Å². The van der Waals surface area contributed by atoms with Gasteiger partial charge in [-0.1, -0.05) is 13.3 Å². The van der Waals surface area contributed by atoms with Gasteiger partial charge in [-0.2, -0.15) is 0 Å². The van der Waals surface area contributed by atoms with Crippen molar-refractivity contribution < 1.29 is 19.5 Å². The average Bonchev–Trinajstić information content (AvgIpc) is 2.37. The van der Waals surface area contributed by atoms with Crippen LogP contribution < -0.4 is 16.4 Å². The minimum atomic E-state index is -1.21. The summed E-state index contributed by atoms with van der Waals surface area (Å²) in [5.41, 5.74) is 3.85. The van der Waals surface area contributed by atoms with E-state index >= 15 is 0 Å². The van der Waals surface area contributed by atoms with Crippen LogP contribution in [0.2, 0.25) is 0 Å². The molecule has 0 saturated heterocycles. The molecule has 1 saturated carbocycles. The average molecular weight is 299 g/mol. The van der Waals surface area contributed by atoms with Crippen molar-refractivity contribution in [3.63, 3.8) is 0 Å². The number of urea groups is 1. The number of primary amides is 1. The van der Waals surface area contributed by atoms with E-state index in [4.69, 9.17) is 5.73 Å². The summed E-state index contributed by atoms with van der Waals surface area (Å²) in [4.78, 5) is 34.3. The molecule has 21 heavy (non-hydrogen) atoms. The fraction of sp³-hybridized carbons (Fsp3) is 0.786. The molecule has 0 aromatic carbocycles. The number of hydrogen-bond donors (Lipinski definition) is 4. The molecule has 7 heteroatoms. The summed E-state index contributed by atoms with van der Waals surface area (Å²) >= 11 is 0. The van der Waals surface area contributed by atoms with Crippen molar-refractivity contribution >= 4 is 17.9 Å². The van der Waals surface area contributed by atoms with Crippen LogP contribution in [0.4, 0.5) is 4.79 Å². The summed E-state index contributed by atoms with van der Waals surface area (Å²) in [6.07, 6.45) is 3.49. The Balaban J connectivity index is 2.61. The van der Waals surface area contributed by atoms with Crippen LogP contribution in [-0.4, -0.2) is 34.6 Å². The van der Waals surface area contributed by atoms with E-state index in [1.54, 1.807) is 6.92 Å². The number of carboxylic acid groups (broad SMARTS) is 1. The molecule has 0 bridgehead atoms. The molecular formula is C14H25N3O4. The van der Waals surface area contributed by atoms with Crippen molar-refractivity contribution in [1.29, 1.82) is 0 Å². The lowest BCUT2D eigenvalue weighted by Crippen LogP contribution is -2.59. The van der Waals surface area contributed by atoms with Crippen LogP contribution in [0.3, 0.4) is 0 Å². The van der Waals surface area contributed by atoms with Gasteiger partial charge in [0.15, 0.2) is 0 Å². The van der Waals surface area contributed by atoms with Gasteiger partial charge in [0.25, 0.3) is 0 Å². The third-order valence-electron chi connectivity index (χ3n) is 4.18. The molecule has 0 heterocycles. The molecule has 5 N–H and O–H groups in total. The van der Waals surface area contributed by atoms with Gasteiger partial charge < -0.3 is 21.5 Å². The summed E-state index contributed by atoms with van der Waals surface area (Å²) in [5.74, 6) is -0.995. The molecule has 0 spiro atoms. The number of carboxylic acids is 1. The number of carbonyl (C=O) groups is 3. The maximum atomic E-state index is 11.9. The molecule has 7 nitrogen and oxygen atoms in total. The molecule has 0 aliphatic heterocycles. The summed E-state index contributed by atoms with van der Waals surface area (Å²) < 4.78 is 0. The summed E-state index contributed by atoms with van der Waals surface area (Å²) in [6, 6.07) is -0.999. The molecule has 0 radical (unpaired) electrons. The van der Waals surface area contributed by atoms with E-state index in [1.165, 1.54) is 0 Å². The van der Waals surface area contributed by atoms with Gasteiger partial charge in [0.2, 0.25) is 5.91 Å². The molecule has 1 fully saturated rings. The van der Waals surface area contributed by atoms with E-state index in [0.29, 0.717) is 18.8 Å². The predicted octanol–water partition coefficient (Wildman–Crippen LogP) is 0.973. The standard InChI is InChI=1S/C14H25N3O4/c1-3-10-4-6-14(7-5-10,12(19)20)17-13(21)16-9(2)8-11(15)18/h9-10H,3-8H2,1-2H3,(H2,15,18)(H,19,20)(H2,16,17,21). The van der Waals surface area contributed by atoms with Crippen LogP contribution in [0.5, 0.6) is 0 Å². The van der Waals surface area contributed by atoms with Crippen LogP contribution in [0.25, 0.3) is 0 Å². The van der Waals surface area contributed by atoms with Crippen molar-refractivity contribution in [2.75, 3.05) is 0 Å². The highest BCUT2D eigenvalue weighted by molar-refractivity contribution is 5.86. The zero-order valence-electron chi connectivity index (χ0n) is 12.6. The number of rotatable bonds is 6. The van der Waals surface area contributed by atoms with Gasteiger partial charge in [-0.15, -0.1) is 0 Å². The Morgan fingerprint density at radius 1 is 1.33 bits per heavy atom. The maximum absolute atomic E-state index is 11.9. The zero-order valence-corrected chi connectivity index (χ0v) is 12.6. The van der Waals surface area contributed by atoms with E-state index in [9.17, 15) is 19.5 Å². The monoisotopic (exact) mass is 299 g/mol. The van der Waals surface area contributed by atoms with E-state index in [0.717, 1.165) is 19.3 Å². The molecule has 1 unspecified atom stereocenters. The summed E-state index contributed by atoms with van der Waals surface area (Å²) in [5, 5.41) is 14.6. The first-order valence-corrected chi connectivity index (χ1v) is 7.39. The molecule has 1 atom stereocenters. The summed E-state index contributed by atoms with van der Waals surface area (Å²) in [6.45, 7) is 3.73. The Kier molecular flexibility index (Phi) is 5.99. The van der Waals surface area contributed by atoms with Crippen LogP contribution in [-0.2, 0) is 9.59 Å². The number of aliphatic carboxylic acids is 1. The highest BCUT2D eigenvalue weighted by Gasteiger charge is 2.43. The lowest BCUT2D eigenvalue weighted by atomic mass is 9.75. The largest absolute Gasteiger partial charge is 0.480 e. The Bertz CT molecular complexity index is 403. The fourth-order valence-corrected chi connectivity index (χ4v) is 2.80. The van der Waals surface area contributed by atoms with E-state index < -0.39 is 29.5 Å². The minimum absolute atomic E-state index is 0.0192. The van der Waals surface area contributed by atoms with E-state index in [2.05, 4.69) is 17.6 Å². The van der Waals surface area contributed by atoms with E-state index in [1.807, 2.05) is 0 Å². The Hall–Kier alpha value is -1.79. The number of nitrogens with one attached hydrogen (secondary N) is 2. The Morgan fingerprint density at radius 2 is 1.90 bits per heavy atom. The number of nitrogens with two attached hydrogens (primary N) is 1. The molecule has 0 aromatic heterocycles. The fourth-order valence-electron chi connectivity index (χ4n) is 2.80. The van der Waals surface area contributed by atoms with Crippen LogP contribution in [0.15, 0.2) is 0 Å². The smallest absolute Gasteiger partial charge is 0.329 e. The minimum Gasteiger partial charge on any atom is -0.480 e. The Morgan fingerprint density at radius 3 is 2.33 bits per heavy atom. The normalized spacial score (nSPS) is 26.7. The van der Waals surface area contributed by atoms with Crippen molar-refractivity contribution in [3.05, 3.63) is 0 Å². The predicted molar refractivity (Wildman–Crippen MR) is 77.6 cm³/mol. The van der Waals surface area contributed by atoms with Crippen molar-refractivity contribution in [1.82, 2.24) is 10.6 Å². The number of hydrogen-bond acceptors (Lipinski definition) is 3. The maximum Gasteiger partial charge on any atom is 0.329 e. The highest BCUT2D eigenvalue weighted by atomic mass is 16.4. The second-order valence-corrected chi connectivity index (χ2v) is 5.91. The number of amides is 3.